The monoisotopic (exact) mass is 312 g/mol. The molecule has 7 heteroatoms. The zero-order valence-corrected chi connectivity index (χ0v) is 12.5. The van der Waals surface area contributed by atoms with Gasteiger partial charge in [-0.3, -0.25) is 0 Å². The van der Waals surface area contributed by atoms with Gasteiger partial charge in [0.1, 0.15) is 5.75 Å². The van der Waals surface area contributed by atoms with E-state index in [4.69, 9.17) is 25.5 Å². The summed E-state index contributed by atoms with van der Waals surface area (Å²) in [6.07, 6.45) is 0. The van der Waals surface area contributed by atoms with E-state index in [2.05, 4.69) is 10.2 Å². The maximum Gasteiger partial charge on any atom is 0.226 e. The van der Waals surface area contributed by atoms with Crippen molar-refractivity contribution in [2.75, 3.05) is 6.79 Å². The number of aryl methyl sites for hydroxylation is 1. The molecule has 20 heavy (non-hydrogen) atoms. The predicted octanol–water partition coefficient (Wildman–Crippen LogP) is 3.33. The van der Waals surface area contributed by atoms with Gasteiger partial charge in [0, 0.05) is 28.8 Å². The molecule has 0 saturated carbocycles. The highest BCUT2D eigenvalue weighted by atomic mass is 35.5. The summed E-state index contributed by atoms with van der Waals surface area (Å²) in [5.41, 5.74) is 2.06. The van der Waals surface area contributed by atoms with Crippen molar-refractivity contribution in [3.8, 4) is 5.75 Å². The Bertz CT molecular complexity index is 618. The van der Waals surface area contributed by atoms with Crippen LogP contribution in [-0.2, 0) is 22.8 Å². The van der Waals surface area contributed by atoms with Crippen LogP contribution in [0.2, 0.25) is 5.02 Å². The molecule has 0 aliphatic carbocycles. The topological polar surface area (TPSA) is 57.4 Å². The largest absolute Gasteiger partial charge is 0.467 e. The first-order valence-electron chi connectivity index (χ1n) is 6.11. The lowest BCUT2D eigenvalue weighted by molar-refractivity contribution is -0.0168. The van der Waals surface area contributed by atoms with E-state index in [1.54, 1.807) is 18.7 Å². The molecule has 2 aromatic rings. The Morgan fingerprint density at radius 1 is 1.30 bits per heavy atom. The molecule has 0 atom stereocenters. The summed E-state index contributed by atoms with van der Waals surface area (Å²) < 4.78 is 16.2. The van der Waals surface area contributed by atoms with Crippen molar-refractivity contribution in [2.45, 2.75) is 25.0 Å². The summed E-state index contributed by atoms with van der Waals surface area (Å²) in [6.45, 7) is 2.61. The average Bonchev–Trinajstić information content (AvgIpc) is 2.84. The normalized spacial score (nSPS) is 13.9. The van der Waals surface area contributed by atoms with Gasteiger partial charge in [0.15, 0.2) is 6.79 Å². The first-order chi connectivity index (χ1) is 9.72. The lowest BCUT2D eigenvalue weighted by Gasteiger charge is -2.20. The van der Waals surface area contributed by atoms with E-state index in [1.165, 1.54) is 0 Å². The zero-order chi connectivity index (χ0) is 13.9. The Balaban J connectivity index is 1.69. The van der Waals surface area contributed by atoms with Crippen LogP contribution < -0.4 is 4.74 Å². The van der Waals surface area contributed by atoms with E-state index < -0.39 is 0 Å². The lowest BCUT2D eigenvalue weighted by atomic mass is 10.1. The quantitative estimate of drug-likeness (QED) is 0.863. The SMILES string of the molecule is Cc1nnc(CSCc2cc(Cl)cc3c2OCOC3)o1. The van der Waals surface area contributed by atoms with E-state index in [9.17, 15) is 0 Å². The van der Waals surface area contributed by atoms with E-state index in [0.29, 0.717) is 29.2 Å². The Kier molecular flexibility index (Phi) is 4.14. The van der Waals surface area contributed by atoms with Gasteiger partial charge in [-0.25, -0.2) is 0 Å². The minimum Gasteiger partial charge on any atom is -0.467 e. The van der Waals surface area contributed by atoms with Crippen LogP contribution in [0.5, 0.6) is 5.75 Å². The molecule has 0 saturated heterocycles. The number of aromatic nitrogens is 2. The Labute approximate surface area is 125 Å². The van der Waals surface area contributed by atoms with Crippen LogP contribution in [-0.4, -0.2) is 17.0 Å². The van der Waals surface area contributed by atoms with Crippen molar-refractivity contribution in [1.82, 2.24) is 10.2 Å². The van der Waals surface area contributed by atoms with Crippen LogP contribution in [0, 0.1) is 6.92 Å². The summed E-state index contributed by atoms with van der Waals surface area (Å²) in [7, 11) is 0. The van der Waals surface area contributed by atoms with Gasteiger partial charge in [0.05, 0.1) is 12.4 Å². The fourth-order valence-corrected chi connectivity index (χ4v) is 3.10. The first kappa shape index (κ1) is 13.7. The minimum absolute atomic E-state index is 0.287. The standard InChI is InChI=1S/C13H13ClN2O3S/c1-8-15-16-12(19-8)6-20-5-10-3-11(14)2-9-4-17-7-18-13(9)10/h2-3H,4-7H2,1H3. The molecule has 0 spiro atoms. The number of rotatable bonds is 4. The molecule has 5 nitrogen and oxygen atoms in total. The second-order valence-corrected chi connectivity index (χ2v) is 5.79. The van der Waals surface area contributed by atoms with Gasteiger partial charge in [0.2, 0.25) is 11.8 Å². The molecule has 1 aliphatic heterocycles. The van der Waals surface area contributed by atoms with Crippen molar-refractivity contribution in [3.05, 3.63) is 40.1 Å². The third-order valence-electron chi connectivity index (χ3n) is 2.80. The number of thioether (sulfide) groups is 1. The van der Waals surface area contributed by atoms with Gasteiger partial charge in [-0.05, 0) is 12.1 Å². The van der Waals surface area contributed by atoms with Gasteiger partial charge in [-0.1, -0.05) is 11.6 Å². The van der Waals surface area contributed by atoms with Crippen LogP contribution >= 0.6 is 23.4 Å². The Hall–Kier alpha value is -1.24. The highest BCUT2D eigenvalue weighted by molar-refractivity contribution is 7.97. The molecule has 2 heterocycles. The Morgan fingerprint density at radius 2 is 2.20 bits per heavy atom. The van der Waals surface area contributed by atoms with Crippen molar-refractivity contribution in [2.24, 2.45) is 0 Å². The first-order valence-corrected chi connectivity index (χ1v) is 7.64. The average molecular weight is 313 g/mol. The molecule has 1 aromatic heterocycles. The number of nitrogens with zero attached hydrogens (tertiary/aromatic N) is 2. The van der Waals surface area contributed by atoms with Gasteiger partial charge >= 0.3 is 0 Å². The van der Waals surface area contributed by atoms with Crippen LogP contribution in [0.4, 0.5) is 0 Å². The highest BCUT2D eigenvalue weighted by Crippen LogP contribution is 2.34. The molecule has 0 amide bonds. The maximum absolute atomic E-state index is 6.12. The van der Waals surface area contributed by atoms with Crippen LogP contribution in [0.3, 0.4) is 0 Å². The number of benzene rings is 1. The zero-order valence-electron chi connectivity index (χ0n) is 10.9. The van der Waals surface area contributed by atoms with Gasteiger partial charge in [-0.2, -0.15) is 0 Å². The van der Waals surface area contributed by atoms with Gasteiger partial charge in [-0.15, -0.1) is 22.0 Å². The van der Waals surface area contributed by atoms with Crippen LogP contribution in [0.25, 0.3) is 0 Å². The van der Waals surface area contributed by atoms with Crippen LogP contribution in [0.15, 0.2) is 16.5 Å². The summed E-state index contributed by atoms with van der Waals surface area (Å²) in [5, 5.41) is 8.47. The van der Waals surface area contributed by atoms with E-state index in [1.807, 2.05) is 12.1 Å². The van der Waals surface area contributed by atoms with Crippen molar-refractivity contribution in [1.29, 1.82) is 0 Å². The molecule has 1 aliphatic rings. The Morgan fingerprint density at radius 3 is 3.00 bits per heavy atom. The number of hydrogen-bond acceptors (Lipinski definition) is 6. The predicted molar refractivity (Wildman–Crippen MR) is 75.8 cm³/mol. The van der Waals surface area contributed by atoms with Crippen molar-refractivity contribution >= 4 is 23.4 Å². The van der Waals surface area contributed by atoms with E-state index in [-0.39, 0.29) is 6.79 Å². The smallest absolute Gasteiger partial charge is 0.226 e. The highest BCUT2D eigenvalue weighted by Gasteiger charge is 2.16. The van der Waals surface area contributed by atoms with E-state index >= 15 is 0 Å². The summed E-state index contributed by atoms with van der Waals surface area (Å²) in [4.78, 5) is 0. The molecule has 3 rings (SSSR count). The molecular weight excluding hydrogens is 300 g/mol. The molecule has 0 radical (unpaired) electrons. The lowest BCUT2D eigenvalue weighted by Crippen LogP contribution is -2.12. The third kappa shape index (κ3) is 3.08. The van der Waals surface area contributed by atoms with Crippen LogP contribution in [0.1, 0.15) is 22.9 Å². The summed E-state index contributed by atoms with van der Waals surface area (Å²) in [6, 6.07) is 3.81. The van der Waals surface area contributed by atoms with Crippen molar-refractivity contribution < 1.29 is 13.9 Å². The van der Waals surface area contributed by atoms with Gasteiger partial charge < -0.3 is 13.9 Å². The molecular formula is C13H13ClN2O3S. The maximum atomic E-state index is 6.12. The summed E-state index contributed by atoms with van der Waals surface area (Å²) in [5.74, 6) is 3.53. The summed E-state index contributed by atoms with van der Waals surface area (Å²) >= 11 is 7.80. The molecule has 0 unspecified atom stereocenters. The molecule has 1 aromatic carbocycles. The third-order valence-corrected chi connectivity index (χ3v) is 3.99. The van der Waals surface area contributed by atoms with Gasteiger partial charge in [0.25, 0.3) is 0 Å². The fourth-order valence-electron chi connectivity index (χ4n) is 2.01. The number of fused-ring (bicyclic) bond motifs is 1. The van der Waals surface area contributed by atoms with Crippen molar-refractivity contribution in [3.63, 3.8) is 0 Å². The fraction of sp³-hybridized carbons (Fsp3) is 0.385. The molecule has 0 N–H and O–H groups in total. The minimum atomic E-state index is 0.287. The van der Waals surface area contributed by atoms with E-state index in [0.717, 1.165) is 22.6 Å². The second kappa shape index (κ2) is 6.03. The number of halogens is 1. The molecule has 0 fully saturated rings. The molecule has 0 bridgehead atoms. The molecule has 106 valence electrons. The number of hydrogen-bond donors (Lipinski definition) is 0. The second-order valence-electron chi connectivity index (χ2n) is 4.37. The number of ether oxygens (including phenoxy) is 2.